The SMILES string of the molecule is Cc1cc(NC(=O)C(=O)NCc2ccc3c(c2)OCO3)c2ccccc2n1. The minimum atomic E-state index is -0.730. The van der Waals surface area contributed by atoms with Crippen LogP contribution in [-0.4, -0.2) is 23.6 Å². The van der Waals surface area contributed by atoms with Crippen LogP contribution >= 0.6 is 0 Å². The maximum atomic E-state index is 12.3. The lowest BCUT2D eigenvalue weighted by molar-refractivity contribution is -0.136. The van der Waals surface area contributed by atoms with Gasteiger partial charge in [-0.25, -0.2) is 0 Å². The molecule has 2 amide bonds. The molecular weight excluding hydrogens is 346 g/mol. The molecule has 0 spiro atoms. The summed E-state index contributed by atoms with van der Waals surface area (Å²) < 4.78 is 10.6. The molecule has 136 valence electrons. The van der Waals surface area contributed by atoms with Gasteiger partial charge in [-0.05, 0) is 36.8 Å². The van der Waals surface area contributed by atoms with Gasteiger partial charge in [-0.3, -0.25) is 14.6 Å². The highest BCUT2D eigenvalue weighted by molar-refractivity contribution is 6.40. The summed E-state index contributed by atoms with van der Waals surface area (Å²) in [6.45, 7) is 2.23. The third kappa shape index (κ3) is 3.52. The fourth-order valence-corrected chi connectivity index (χ4v) is 2.90. The maximum absolute atomic E-state index is 12.3. The first-order valence-corrected chi connectivity index (χ1v) is 8.44. The number of rotatable bonds is 3. The number of nitrogens with zero attached hydrogens (tertiary/aromatic N) is 1. The molecule has 1 aromatic heterocycles. The van der Waals surface area contributed by atoms with E-state index >= 15 is 0 Å². The molecule has 0 saturated carbocycles. The molecule has 1 aliphatic rings. The Balaban J connectivity index is 1.43. The van der Waals surface area contributed by atoms with Crippen molar-refractivity contribution in [2.24, 2.45) is 0 Å². The Kier molecular flexibility index (Phi) is 4.33. The van der Waals surface area contributed by atoms with Crippen LogP contribution in [0.25, 0.3) is 10.9 Å². The lowest BCUT2D eigenvalue weighted by Crippen LogP contribution is -2.35. The number of carbonyl (C=O) groups is 2. The second kappa shape index (κ2) is 6.95. The number of fused-ring (bicyclic) bond motifs is 2. The van der Waals surface area contributed by atoms with Crippen molar-refractivity contribution in [1.82, 2.24) is 10.3 Å². The molecular formula is C20H17N3O4. The van der Waals surface area contributed by atoms with Crippen molar-refractivity contribution in [3.63, 3.8) is 0 Å². The summed E-state index contributed by atoms with van der Waals surface area (Å²) in [5.41, 5.74) is 2.88. The zero-order valence-corrected chi connectivity index (χ0v) is 14.6. The molecule has 1 aliphatic heterocycles. The van der Waals surface area contributed by atoms with E-state index in [1.807, 2.05) is 37.3 Å². The van der Waals surface area contributed by atoms with Crippen LogP contribution in [0.4, 0.5) is 5.69 Å². The van der Waals surface area contributed by atoms with Gasteiger partial charge in [-0.1, -0.05) is 24.3 Å². The van der Waals surface area contributed by atoms with Crippen molar-refractivity contribution in [2.75, 3.05) is 12.1 Å². The molecule has 0 saturated heterocycles. The number of hydrogen-bond donors (Lipinski definition) is 2. The molecule has 4 rings (SSSR count). The molecule has 0 unspecified atom stereocenters. The largest absolute Gasteiger partial charge is 0.454 e. The highest BCUT2D eigenvalue weighted by Crippen LogP contribution is 2.32. The third-order valence-electron chi connectivity index (χ3n) is 4.19. The van der Waals surface area contributed by atoms with Gasteiger partial charge < -0.3 is 20.1 Å². The van der Waals surface area contributed by atoms with E-state index in [0.29, 0.717) is 17.2 Å². The number of para-hydroxylation sites is 1. The average molecular weight is 363 g/mol. The second-order valence-electron chi connectivity index (χ2n) is 6.15. The molecule has 2 heterocycles. The Labute approximate surface area is 155 Å². The van der Waals surface area contributed by atoms with Gasteiger partial charge in [0, 0.05) is 17.6 Å². The molecule has 0 radical (unpaired) electrons. The van der Waals surface area contributed by atoms with Crippen LogP contribution in [0.3, 0.4) is 0 Å². The van der Waals surface area contributed by atoms with E-state index in [0.717, 1.165) is 22.2 Å². The predicted octanol–water partition coefficient (Wildman–Crippen LogP) is 2.53. The Morgan fingerprint density at radius 2 is 1.85 bits per heavy atom. The normalized spacial score (nSPS) is 12.0. The van der Waals surface area contributed by atoms with Crippen molar-refractivity contribution < 1.29 is 19.1 Å². The number of amides is 2. The van der Waals surface area contributed by atoms with Gasteiger partial charge in [0.25, 0.3) is 0 Å². The molecule has 7 nitrogen and oxygen atoms in total. The number of aromatic nitrogens is 1. The lowest BCUT2D eigenvalue weighted by Gasteiger charge is -2.10. The van der Waals surface area contributed by atoms with Crippen LogP contribution in [0.15, 0.2) is 48.5 Å². The number of anilines is 1. The number of pyridine rings is 1. The Morgan fingerprint density at radius 1 is 1.04 bits per heavy atom. The topological polar surface area (TPSA) is 89.6 Å². The number of ether oxygens (including phenoxy) is 2. The molecule has 0 aliphatic carbocycles. The van der Waals surface area contributed by atoms with E-state index in [-0.39, 0.29) is 13.3 Å². The standard InChI is InChI=1S/C20H17N3O4/c1-12-8-16(14-4-2-3-5-15(14)22-12)23-20(25)19(24)21-10-13-6-7-17-18(9-13)27-11-26-17/h2-9H,10-11H2,1H3,(H,21,24)(H,22,23,25). The third-order valence-corrected chi connectivity index (χ3v) is 4.19. The summed E-state index contributed by atoms with van der Waals surface area (Å²) in [4.78, 5) is 28.9. The molecule has 0 fully saturated rings. The summed E-state index contributed by atoms with van der Waals surface area (Å²) in [6.07, 6.45) is 0. The molecule has 2 N–H and O–H groups in total. The zero-order valence-electron chi connectivity index (χ0n) is 14.6. The zero-order chi connectivity index (χ0) is 18.8. The van der Waals surface area contributed by atoms with Gasteiger partial charge in [0.1, 0.15) is 0 Å². The lowest BCUT2D eigenvalue weighted by atomic mass is 10.1. The van der Waals surface area contributed by atoms with E-state index in [2.05, 4.69) is 15.6 Å². The van der Waals surface area contributed by atoms with Crippen LogP contribution in [0.2, 0.25) is 0 Å². The molecule has 2 aromatic carbocycles. The fraction of sp³-hybridized carbons (Fsp3) is 0.150. The maximum Gasteiger partial charge on any atom is 0.313 e. The van der Waals surface area contributed by atoms with Crippen molar-refractivity contribution in [1.29, 1.82) is 0 Å². The molecule has 27 heavy (non-hydrogen) atoms. The molecule has 3 aromatic rings. The first-order chi connectivity index (χ1) is 13.1. The smallest absolute Gasteiger partial charge is 0.313 e. The van der Waals surface area contributed by atoms with Gasteiger partial charge in [-0.15, -0.1) is 0 Å². The Bertz CT molecular complexity index is 1050. The summed E-state index contributed by atoms with van der Waals surface area (Å²) >= 11 is 0. The van der Waals surface area contributed by atoms with Crippen LogP contribution in [0.5, 0.6) is 11.5 Å². The van der Waals surface area contributed by atoms with Gasteiger partial charge in [0.15, 0.2) is 11.5 Å². The van der Waals surface area contributed by atoms with Crippen LogP contribution < -0.4 is 20.1 Å². The molecule has 0 bridgehead atoms. The minimum absolute atomic E-state index is 0.187. The van der Waals surface area contributed by atoms with E-state index in [9.17, 15) is 9.59 Å². The van der Waals surface area contributed by atoms with Crippen LogP contribution in [0, 0.1) is 6.92 Å². The van der Waals surface area contributed by atoms with E-state index in [1.54, 1.807) is 18.2 Å². The van der Waals surface area contributed by atoms with Crippen molar-refractivity contribution in [3.05, 3.63) is 59.8 Å². The van der Waals surface area contributed by atoms with Crippen LogP contribution in [-0.2, 0) is 16.1 Å². The van der Waals surface area contributed by atoms with Gasteiger partial charge >= 0.3 is 11.8 Å². The van der Waals surface area contributed by atoms with Gasteiger partial charge in [0.2, 0.25) is 6.79 Å². The number of benzene rings is 2. The predicted molar refractivity (Wildman–Crippen MR) is 99.5 cm³/mol. The second-order valence-corrected chi connectivity index (χ2v) is 6.15. The minimum Gasteiger partial charge on any atom is -0.454 e. The molecule has 0 atom stereocenters. The number of carbonyl (C=O) groups excluding carboxylic acids is 2. The summed E-state index contributed by atoms with van der Waals surface area (Å²) in [6, 6.07) is 14.5. The van der Waals surface area contributed by atoms with Crippen LogP contribution in [0.1, 0.15) is 11.3 Å². The van der Waals surface area contributed by atoms with E-state index in [4.69, 9.17) is 9.47 Å². The number of aryl methyl sites for hydroxylation is 1. The monoisotopic (exact) mass is 363 g/mol. The first kappa shape index (κ1) is 16.8. The summed E-state index contributed by atoms with van der Waals surface area (Å²) in [5.74, 6) is -0.148. The Morgan fingerprint density at radius 3 is 2.74 bits per heavy atom. The Hall–Kier alpha value is -3.61. The highest BCUT2D eigenvalue weighted by atomic mass is 16.7. The number of nitrogens with one attached hydrogen (secondary N) is 2. The van der Waals surface area contributed by atoms with Crippen molar-refractivity contribution >= 4 is 28.4 Å². The van der Waals surface area contributed by atoms with Crippen molar-refractivity contribution in [3.8, 4) is 11.5 Å². The van der Waals surface area contributed by atoms with E-state index < -0.39 is 11.8 Å². The highest BCUT2D eigenvalue weighted by Gasteiger charge is 2.17. The molecule has 7 heteroatoms. The van der Waals surface area contributed by atoms with Crippen molar-refractivity contribution in [2.45, 2.75) is 13.5 Å². The average Bonchev–Trinajstić information content (AvgIpc) is 3.13. The summed E-state index contributed by atoms with van der Waals surface area (Å²) in [7, 11) is 0. The quantitative estimate of drug-likeness (QED) is 0.698. The first-order valence-electron chi connectivity index (χ1n) is 8.44. The van der Waals surface area contributed by atoms with Gasteiger partial charge in [-0.2, -0.15) is 0 Å². The number of hydrogen-bond acceptors (Lipinski definition) is 5. The summed E-state index contributed by atoms with van der Waals surface area (Å²) in [5, 5.41) is 6.06. The van der Waals surface area contributed by atoms with Gasteiger partial charge in [0.05, 0.1) is 11.2 Å². The van der Waals surface area contributed by atoms with E-state index in [1.165, 1.54) is 0 Å². The fourth-order valence-electron chi connectivity index (χ4n) is 2.90.